The molecular formula is C21H26N2O3S2. The van der Waals surface area contributed by atoms with Crippen molar-refractivity contribution in [2.75, 3.05) is 16.8 Å². The summed E-state index contributed by atoms with van der Waals surface area (Å²) in [5, 5.41) is 2.96. The van der Waals surface area contributed by atoms with Crippen molar-refractivity contribution in [1.29, 1.82) is 0 Å². The average Bonchev–Trinajstić information content (AvgIpc) is 2.96. The number of amides is 1. The second-order valence-corrected chi connectivity index (χ2v) is 9.81. The highest BCUT2D eigenvalue weighted by atomic mass is 32.2. The van der Waals surface area contributed by atoms with E-state index in [4.69, 9.17) is 4.74 Å². The van der Waals surface area contributed by atoms with Crippen molar-refractivity contribution in [3.05, 3.63) is 52.3 Å². The van der Waals surface area contributed by atoms with Crippen LogP contribution in [0.25, 0.3) is 0 Å². The number of aryl methyl sites for hydroxylation is 1. The fourth-order valence-corrected chi connectivity index (χ4v) is 6.07. The topological polar surface area (TPSA) is 71.2 Å². The fraction of sp³-hybridized carbons (Fsp3) is 0.429. The number of aromatic amines is 1. The number of H-pyrrole nitrogens is 1. The predicted octanol–water partition coefficient (Wildman–Crippen LogP) is 5.32. The normalized spacial score (nSPS) is 14.9. The first-order chi connectivity index (χ1) is 13.4. The number of benzene rings is 1. The predicted molar refractivity (Wildman–Crippen MR) is 117 cm³/mol. The largest absolute Gasteiger partial charge is 0.459 e. The van der Waals surface area contributed by atoms with Crippen LogP contribution in [-0.4, -0.2) is 34.5 Å². The molecule has 1 aliphatic heterocycles. The molecule has 0 atom stereocenters. The van der Waals surface area contributed by atoms with E-state index in [1.807, 2.05) is 41.7 Å². The van der Waals surface area contributed by atoms with Crippen LogP contribution in [0.15, 0.2) is 24.3 Å². The van der Waals surface area contributed by atoms with Gasteiger partial charge in [0.2, 0.25) is 0 Å². The molecule has 1 fully saturated rings. The van der Waals surface area contributed by atoms with Crippen molar-refractivity contribution in [2.24, 2.45) is 0 Å². The SMILES string of the molecule is Cc1[nH]c(C(=O)Nc2cccc(C3SCCCS3)c2)c(C)c1C(=O)OC(C)C. The van der Waals surface area contributed by atoms with E-state index in [1.165, 1.54) is 23.5 Å². The van der Waals surface area contributed by atoms with Gasteiger partial charge in [0.15, 0.2) is 0 Å². The van der Waals surface area contributed by atoms with Gasteiger partial charge in [-0.15, -0.1) is 23.5 Å². The summed E-state index contributed by atoms with van der Waals surface area (Å²) in [5.41, 5.74) is 4.04. The minimum atomic E-state index is -0.409. The van der Waals surface area contributed by atoms with Gasteiger partial charge >= 0.3 is 5.97 Å². The molecule has 1 aromatic heterocycles. The van der Waals surface area contributed by atoms with Gasteiger partial charge < -0.3 is 15.0 Å². The summed E-state index contributed by atoms with van der Waals surface area (Å²) in [6, 6.07) is 8.00. The number of nitrogens with one attached hydrogen (secondary N) is 2. The molecule has 5 nitrogen and oxygen atoms in total. The fourth-order valence-electron chi connectivity index (χ4n) is 3.19. The Kier molecular flexibility index (Phi) is 6.78. The molecule has 0 unspecified atom stereocenters. The number of carbonyl (C=O) groups excluding carboxylic acids is 2. The van der Waals surface area contributed by atoms with Crippen LogP contribution < -0.4 is 5.32 Å². The van der Waals surface area contributed by atoms with Gasteiger partial charge in [-0.05, 0) is 68.9 Å². The Balaban J connectivity index is 1.77. The maximum atomic E-state index is 12.8. The zero-order valence-electron chi connectivity index (χ0n) is 16.6. The number of carbonyl (C=O) groups is 2. The van der Waals surface area contributed by atoms with Gasteiger partial charge in [0.05, 0.1) is 16.2 Å². The van der Waals surface area contributed by atoms with E-state index in [0.29, 0.717) is 27.1 Å². The molecule has 2 heterocycles. The van der Waals surface area contributed by atoms with E-state index in [9.17, 15) is 9.59 Å². The summed E-state index contributed by atoms with van der Waals surface area (Å²) < 4.78 is 5.71. The summed E-state index contributed by atoms with van der Waals surface area (Å²) in [6.07, 6.45) is 1.03. The van der Waals surface area contributed by atoms with Crippen molar-refractivity contribution in [3.8, 4) is 0 Å². The first-order valence-corrected chi connectivity index (χ1v) is 11.5. The highest BCUT2D eigenvalue weighted by Gasteiger charge is 2.24. The summed E-state index contributed by atoms with van der Waals surface area (Å²) >= 11 is 3.90. The van der Waals surface area contributed by atoms with E-state index < -0.39 is 5.97 Å². The lowest BCUT2D eigenvalue weighted by Gasteiger charge is -2.21. The van der Waals surface area contributed by atoms with Crippen molar-refractivity contribution >= 4 is 41.1 Å². The second-order valence-electron chi connectivity index (χ2n) is 7.09. The molecule has 2 aromatic rings. The van der Waals surface area contributed by atoms with Gasteiger partial charge in [0.25, 0.3) is 5.91 Å². The number of thioether (sulfide) groups is 2. The first-order valence-electron chi connectivity index (χ1n) is 9.41. The maximum Gasteiger partial charge on any atom is 0.340 e. The van der Waals surface area contributed by atoms with E-state index in [-0.39, 0.29) is 12.0 Å². The third-order valence-electron chi connectivity index (χ3n) is 4.46. The smallest absolute Gasteiger partial charge is 0.340 e. The number of esters is 1. The number of aromatic nitrogens is 1. The van der Waals surface area contributed by atoms with Crippen LogP contribution in [0.5, 0.6) is 0 Å². The zero-order valence-corrected chi connectivity index (χ0v) is 18.3. The summed E-state index contributed by atoms with van der Waals surface area (Å²) in [4.78, 5) is 28.2. The number of anilines is 1. The van der Waals surface area contributed by atoms with Crippen molar-refractivity contribution < 1.29 is 14.3 Å². The van der Waals surface area contributed by atoms with Crippen LogP contribution in [0.2, 0.25) is 0 Å². The molecule has 7 heteroatoms. The molecule has 150 valence electrons. The summed E-state index contributed by atoms with van der Waals surface area (Å²) in [5.74, 6) is 1.67. The lowest BCUT2D eigenvalue weighted by atomic mass is 10.1. The lowest BCUT2D eigenvalue weighted by molar-refractivity contribution is 0.0376. The zero-order chi connectivity index (χ0) is 20.3. The Morgan fingerprint density at radius 3 is 2.61 bits per heavy atom. The first kappa shape index (κ1) is 20.9. The Hall–Kier alpha value is -1.86. The van der Waals surface area contributed by atoms with Crippen LogP contribution in [0.1, 0.15) is 62.5 Å². The Morgan fingerprint density at radius 1 is 1.21 bits per heavy atom. The lowest BCUT2D eigenvalue weighted by Crippen LogP contribution is -2.15. The quantitative estimate of drug-likeness (QED) is 0.643. The molecule has 3 rings (SSSR count). The molecule has 0 radical (unpaired) electrons. The minimum absolute atomic E-state index is 0.211. The summed E-state index contributed by atoms with van der Waals surface area (Å²) in [6.45, 7) is 7.15. The third kappa shape index (κ3) is 4.75. The standard InChI is InChI=1S/C21H26N2O3S2/c1-12(2)26-20(25)17-13(3)18(22-14(17)4)19(24)23-16-8-5-7-15(11-16)21-27-9-6-10-28-21/h5,7-8,11-12,21-22H,6,9-10H2,1-4H3,(H,23,24). The molecule has 0 saturated carbocycles. The van der Waals surface area contributed by atoms with Crippen LogP contribution in [0.4, 0.5) is 5.69 Å². The van der Waals surface area contributed by atoms with E-state index in [2.05, 4.69) is 16.4 Å². The van der Waals surface area contributed by atoms with Crippen molar-refractivity contribution in [1.82, 2.24) is 4.98 Å². The molecule has 2 N–H and O–H groups in total. The van der Waals surface area contributed by atoms with Gasteiger partial charge in [0.1, 0.15) is 5.69 Å². The van der Waals surface area contributed by atoms with Gasteiger partial charge in [-0.25, -0.2) is 4.79 Å². The van der Waals surface area contributed by atoms with Crippen LogP contribution in [-0.2, 0) is 4.74 Å². The number of rotatable bonds is 5. The van der Waals surface area contributed by atoms with Gasteiger partial charge in [0, 0.05) is 11.4 Å². The van der Waals surface area contributed by atoms with E-state index >= 15 is 0 Å². The molecular weight excluding hydrogens is 392 g/mol. The third-order valence-corrected chi connectivity index (χ3v) is 7.47. The molecule has 0 bridgehead atoms. The van der Waals surface area contributed by atoms with Crippen molar-refractivity contribution in [3.63, 3.8) is 0 Å². The van der Waals surface area contributed by atoms with Crippen LogP contribution in [0.3, 0.4) is 0 Å². The molecule has 1 aromatic carbocycles. The Bertz CT molecular complexity index is 871. The number of hydrogen-bond acceptors (Lipinski definition) is 5. The summed E-state index contributed by atoms with van der Waals surface area (Å²) in [7, 11) is 0. The molecule has 0 aliphatic carbocycles. The maximum absolute atomic E-state index is 12.8. The highest BCUT2D eigenvalue weighted by Crippen LogP contribution is 2.44. The van der Waals surface area contributed by atoms with E-state index in [0.717, 1.165) is 5.69 Å². The Labute approximate surface area is 174 Å². The molecule has 1 saturated heterocycles. The molecule has 0 spiro atoms. The highest BCUT2D eigenvalue weighted by molar-refractivity contribution is 8.16. The Morgan fingerprint density at radius 2 is 1.93 bits per heavy atom. The van der Waals surface area contributed by atoms with Gasteiger partial charge in [-0.1, -0.05) is 12.1 Å². The number of hydrogen-bond donors (Lipinski definition) is 2. The average molecular weight is 419 g/mol. The van der Waals surface area contributed by atoms with Gasteiger partial charge in [-0.3, -0.25) is 4.79 Å². The minimum Gasteiger partial charge on any atom is -0.459 e. The van der Waals surface area contributed by atoms with Gasteiger partial charge in [-0.2, -0.15) is 0 Å². The molecule has 28 heavy (non-hydrogen) atoms. The van der Waals surface area contributed by atoms with E-state index in [1.54, 1.807) is 27.7 Å². The molecule has 1 amide bonds. The monoisotopic (exact) mass is 418 g/mol. The van der Waals surface area contributed by atoms with Crippen LogP contribution in [0, 0.1) is 13.8 Å². The molecule has 1 aliphatic rings. The van der Waals surface area contributed by atoms with Crippen LogP contribution >= 0.6 is 23.5 Å². The van der Waals surface area contributed by atoms with Crippen molar-refractivity contribution in [2.45, 2.75) is 44.8 Å². The second kappa shape index (κ2) is 9.09. The number of ether oxygens (including phenoxy) is 1.